The van der Waals surface area contributed by atoms with Crippen LogP contribution in [0, 0.1) is 0 Å². The van der Waals surface area contributed by atoms with Gasteiger partial charge >= 0.3 is 11.9 Å². The highest BCUT2D eigenvalue weighted by atomic mass is 16.4. The molecule has 0 heterocycles. The Morgan fingerprint density at radius 3 is 2.10 bits per heavy atom. The number of aromatic carboxylic acids is 2. The van der Waals surface area contributed by atoms with Gasteiger partial charge in [0.05, 0.1) is 11.1 Å². The van der Waals surface area contributed by atoms with Crippen LogP contribution >= 0.6 is 0 Å². The van der Waals surface area contributed by atoms with Gasteiger partial charge in [-0.05, 0) is 43.9 Å². The highest BCUT2D eigenvalue weighted by Gasteiger charge is 2.20. The van der Waals surface area contributed by atoms with Crippen molar-refractivity contribution in [2.24, 2.45) is 0 Å². The lowest BCUT2D eigenvalue weighted by atomic mass is 9.92. The Hall–Kier alpha value is -2.36. The Morgan fingerprint density at radius 2 is 1.60 bits per heavy atom. The monoisotopic (exact) mass is 274 g/mol. The summed E-state index contributed by atoms with van der Waals surface area (Å²) in [4.78, 5) is 22.8. The Kier molecular flexibility index (Phi) is 5.72. The Morgan fingerprint density at radius 1 is 1.00 bits per heavy atom. The normalized spacial score (nSPS) is 11.3. The van der Waals surface area contributed by atoms with Gasteiger partial charge in [0.2, 0.25) is 0 Å². The van der Waals surface area contributed by atoms with E-state index in [0.717, 1.165) is 0 Å². The molecule has 2 N–H and O–H groups in total. The van der Waals surface area contributed by atoms with E-state index in [1.54, 1.807) is 18.2 Å². The highest BCUT2D eigenvalue weighted by molar-refractivity contribution is 5.98. The Balaban J connectivity index is 3.51. The topological polar surface area (TPSA) is 74.6 Å². The Labute approximate surface area is 118 Å². The molecule has 0 amide bonds. The molecule has 1 aromatic carbocycles. The largest absolute Gasteiger partial charge is 0.478 e. The molecule has 0 aliphatic heterocycles. The number of rotatable bonds is 6. The SMILES string of the molecule is CC=CCc1ccc(C(=O)O)c(CC=CC)c1C(=O)O. The highest BCUT2D eigenvalue weighted by Crippen LogP contribution is 2.22. The van der Waals surface area contributed by atoms with Crippen molar-refractivity contribution in [3.05, 3.63) is 58.7 Å². The number of allylic oxidation sites excluding steroid dienone is 4. The fourth-order valence-electron chi connectivity index (χ4n) is 2.03. The van der Waals surface area contributed by atoms with E-state index in [0.29, 0.717) is 24.0 Å². The van der Waals surface area contributed by atoms with E-state index in [2.05, 4.69) is 0 Å². The van der Waals surface area contributed by atoms with Crippen molar-refractivity contribution in [1.29, 1.82) is 0 Å². The molecule has 0 aliphatic carbocycles. The van der Waals surface area contributed by atoms with Gasteiger partial charge < -0.3 is 10.2 Å². The predicted octanol–water partition coefficient (Wildman–Crippen LogP) is 3.32. The van der Waals surface area contributed by atoms with Crippen molar-refractivity contribution in [3.8, 4) is 0 Å². The predicted molar refractivity (Wildman–Crippen MR) is 77.4 cm³/mol. The van der Waals surface area contributed by atoms with Crippen LogP contribution < -0.4 is 0 Å². The average molecular weight is 274 g/mol. The summed E-state index contributed by atoms with van der Waals surface area (Å²) in [6, 6.07) is 3.05. The molecule has 0 spiro atoms. The summed E-state index contributed by atoms with van der Waals surface area (Å²) in [6.45, 7) is 3.66. The number of benzene rings is 1. The lowest BCUT2D eigenvalue weighted by molar-refractivity contribution is 0.0695. The molecule has 0 fully saturated rings. The molecular formula is C16H18O4. The number of hydrogen-bond acceptors (Lipinski definition) is 2. The smallest absolute Gasteiger partial charge is 0.336 e. The fraction of sp³-hybridized carbons (Fsp3) is 0.250. The molecule has 0 saturated carbocycles. The molecule has 4 nitrogen and oxygen atoms in total. The molecule has 1 aromatic rings. The summed E-state index contributed by atoms with van der Waals surface area (Å²) in [5.74, 6) is -2.20. The molecule has 0 unspecified atom stereocenters. The molecule has 1 rings (SSSR count). The fourth-order valence-corrected chi connectivity index (χ4v) is 2.03. The lowest BCUT2D eigenvalue weighted by Crippen LogP contribution is -2.12. The summed E-state index contributed by atoms with van der Waals surface area (Å²) in [7, 11) is 0. The van der Waals surface area contributed by atoms with Gasteiger partial charge in [-0.2, -0.15) is 0 Å². The van der Waals surface area contributed by atoms with E-state index in [-0.39, 0.29) is 11.1 Å². The van der Waals surface area contributed by atoms with Gasteiger partial charge in [-0.1, -0.05) is 30.4 Å². The van der Waals surface area contributed by atoms with Crippen molar-refractivity contribution in [1.82, 2.24) is 0 Å². The maximum absolute atomic E-state index is 11.5. The quantitative estimate of drug-likeness (QED) is 0.780. The van der Waals surface area contributed by atoms with Crippen molar-refractivity contribution >= 4 is 11.9 Å². The first-order chi connectivity index (χ1) is 9.52. The first-order valence-corrected chi connectivity index (χ1v) is 6.36. The second-order valence-electron chi connectivity index (χ2n) is 4.28. The zero-order chi connectivity index (χ0) is 15.1. The summed E-state index contributed by atoms with van der Waals surface area (Å²) in [5.41, 5.74) is 1.12. The summed E-state index contributed by atoms with van der Waals surface area (Å²) in [6.07, 6.45) is 7.98. The molecule has 0 aromatic heterocycles. The standard InChI is InChI=1S/C16H18O4/c1-3-5-7-11-9-10-13(15(17)18)12(8-6-4-2)14(11)16(19)20/h3-6,9-10H,7-8H2,1-2H3,(H,17,18)(H,19,20). The number of carboxylic acids is 2. The first-order valence-electron chi connectivity index (χ1n) is 6.36. The van der Waals surface area contributed by atoms with Crippen molar-refractivity contribution in [2.45, 2.75) is 26.7 Å². The minimum Gasteiger partial charge on any atom is -0.478 e. The third-order valence-electron chi connectivity index (χ3n) is 2.97. The van der Waals surface area contributed by atoms with Crippen LogP contribution in [0.5, 0.6) is 0 Å². The van der Waals surface area contributed by atoms with Crippen molar-refractivity contribution < 1.29 is 19.8 Å². The Bertz CT molecular complexity index is 568. The molecule has 4 heteroatoms. The molecule has 0 radical (unpaired) electrons. The van der Waals surface area contributed by atoms with Crippen molar-refractivity contribution in [3.63, 3.8) is 0 Å². The molecule has 0 atom stereocenters. The molecule has 0 aliphatic rings. The molecule has 20 heavy (non-hydrogen) atoms. The summed E-state index contributed by atoms with van der Waals surface area (Å²) < 4.78 is 0. The van der Waals surface area contributed by atoms with Gasteiger partial charge in [-0.3, -0.25) is 0 Å². The summed E-state index contributed by atoms with van der Waals surface area (Å²) >= 11 is 0. The third-order valence-corrected chi connectivity index (χ3v) is 2.97. The maximum atomic E-state index is 11.5. The van der Waals surface area contributed by atoms with E-state index in [4.69, 9.17) is 0 Å². The van der Waals surface area contributed by atoms with Gasteiger partial charge in [-0.25, -0.2) is 9.59 Å². The number of carbonyl (C=O) groups is 2. The van der Waals surface area contributed by atoms with Gasteiger partial charge in [-0.15, -0.1) is 0 Å². The van der Waals surface area contributed by atoms with E-state index in [9.17, 15) is 19.8 Å². The second kappa shape index (κ2) is 7.28. The maximum Gasteiger partial charge on any atom is 0.336 e. The summed E-state index contributed by atoms with van der Waals surface area (Å²) in [5, 5.41) is 18.6. The third kappa shape index (κ3) is 3.57. The van der Waals surface area contributed by atoms with Crippen LogP contribution in [0.2, 0.25) is 0 Å². The van der Waals surface area contributed by atoms with Crippen LogP contribution in [-0.4, -0.2) is 22.2 Å². The second-order valence-corrected chi connectivity index (χ2v) is 4.28. The van der Waals surface area contributed by atoms with Crippen LogP contribution in [0.3, 0.4) is 0 Å². The van der Waals surface area contributed by atoms with E-state index in [1.165, 1.54) is 6.07 Å². The lowest BCUT2D eigenvalue weighted by Gasteiger charge is -2.12. The van der Waals surface area contributed by atoms with Crippen molar-refractivity contribution in [2.75, 3.05) is 0 Å². The van der Waals surface area contributed by atoms with Gasteiger partial charge in [0.15, 0.2) is 0 Å². The van der Waals surface area contributed by atoms with Crippen LogP contribution in [0.1, 0.15) is 45.7 Å². The number of carboxylic acid groups (broad SMARTS) is 2. The average Bonchev–Trinajstić information content (AvgIpc) is 2.41. The van der Waals surface area contributed by atoms with Crippen LogP contribution in [0.25, 0.3) is 0 Å². The van der Waals surface area contributed by atoms with Gasteiger partial charge in [0, 0.05) is 0 Å². The molecule has 0 bridgehead atoms. The molecule has 106 valence electrons. The minimum absolute atomic E-state index is 0.0460. The minimum atomic E-state index is -1.11. The van der Waals surface area contributed by atoms with E-state index >= 15 is 0 Å². The number of hydrogen-bond donors (Lipinski definition) is 2. The first kappa shape index (κ1) is 15.7. The zero-order valence-corrected chi connectivity index (χ0v) is 11.6. The zero-order valence-electron chi connectivity index (χ0n) is 11.6. The van der Waals surface area contributed by atoms with Crippen LogP contribution in [0.4, 0.5) is 0 Å². The van der Waals surface area contributed by atoms with E-state index < -0.39 is 11.9 Å². The van der Waals surface area contributed by atoms with Gasteiger partial charge in [0.1, 0.15) is 0 Å². The molecular weight excluding hydrogens is 256 g/mol. The van der Waals surface area contributed by atoms with E-state index in [1.807, 2.05) is 26.0 Å². The van der Waals surface area contributed by atoms with Gasteiger partial charge in [0.25, 0.3) is 0 Å². The molecule has 0 saturated heterocycles. The van der Waals surface area contributed by atoms with Crippen LogP contribution in [0.15, 0.2) is 36.4 Å². The van der Waals surface area contributed by atoms with Crippen LogP contribution in [-0.2, 0) is 12.8 Å².